The number of nitrogens with zero attached hydrogens (tertiary/aromatic N) is 1. The molecule has 2 heteroatoms. The summed E-state index contributed by atoms with van der Waals surface area (Å²) in [7, 11) is 0. The fourth-order valence-electron chi connectivity index (χ4n) is 3.01. The monoisotopic (exact) mass is 242 g/mol. The van der Waals surface area contributed by atoms with Gasteiger partial charge in [-0.05, 0) is 43.4 Å². The number of benzene rings is 1. The predicted molar refractivity (Wildman–Crippen MR) is 74.1 cm³/mol. The highest BCUT2D eigenvalue weighted by atomic mass is 15.0. The molecule has 18 heavy (non-hydrogen) atoms. The molecule has 1 aliphatic carbocycles. The van der Waals surface area contributed by atoms with Gasteiger partial charge in [0.05, 0.1) is 11.6 Å². The molecule has 2 rings (SSSR count). The zero-order chi connectivity index (χ0) is 13.0. The van der Waals surface area contributed by atoms with Gasteiger partial charge in [0.15, 0.2) is 0 Å². The molecule has 0 aliphatic heterocycles. The van der Waals surface area contributed by atoms with Crippen LogP contribution in [0.15, 0.2) is 24.3 Å². The van der Waals surface area contributed by atoms with Crippen LogP contribution in [-0.4, -0.2) is 6.04 Å². The molecular weight excluding hydrogens is 220 g/mol. The van der Waals surface area contributed by atoms with Gasteiger partial charge < -0.3 is 5.32 Å². The molecule has 3 atom stereocenters. The first-order valence-corrected chi connectivity index (χ1v) is 7.00. The smallest absolute Gasteiger partial charge is 0.0991 e. The van der Waals surface area contributed by atoms with Gasteiger partial charge in [-0.2, -0.15) is 5.26 Å². The van der Waals surface area contributed by atoms with Crippen LogP contribution in [0.4, 0.5) is 0 Å². The number of nitrogens with one attached hydrogen (secondary N) is 1. The molecule has 1 fully saturated rings. The maximum atomic E-state index is 8.80. The van der Waals surface area contributed by atoms with Gasteiger partial charge >= 0.3 is 0 Å². The molecule has 0 aromatic heterocycles. The summed E-state index contributed by atoms with van der Waals surface area (Å²) in [6.07, 6.45) is 5.31. The highest BCUT2D eigenvalue weighted by Crippen LogP contribution is 2.30. The second-order valence-electron chi connectivity index (χ2n) is 5.33. The molecule has 0 spiro atoms. The first-order chi connectivity index (χ1) is 8.74. The Morgan fingerprint density at radius 3 is 2.67 bits per heavy atom. The summed E-state index contributed by atoms with van der Waals surface area (Å²) >= 11 is 0. The van der Waals surface area contributed by atoms with E-state index in [1.54, 1.807) is 0 Å². The average Bonchev–Trinajstić information content (AvgIpc) is 2.86. The lowest BCUT2D eigenvalue weighted by atomic mass is 9.98. The fraction of sp³-hybridized carbons (Fsp3) is 0.562. The maximum absolute atomic E-state index is 8.80. The molecule has 1 aromatic carbocycles. The van der Waals surface area contributed by atoms with Crippen molar-refractivity contribution in [3.8, 4) is 6.07 Å². The third-order valence-corrected chi connectivity index (χ3v) is 4.19. The molecule has 0 bridgehead atoms. The van der Waals surface area contributed by atoms with Gasteiger partial charge in [0, 0.05) is 12.1 Å². The summed E-state index contributed by atoms with van der Waals surface area (Å²) in [4.78, 5) is 0. The zero-order valence-corrected chi connectivity index (χ0v) is 11.3. The summed E-state index contributed by atoms with van der Waals surface area (Å²) in [6.45, 7) is 4.50. The molecule has 96 valence electrons. The molecule has 3 unspecified atom stereocenters. The minimum atomic E-state index is 0.370. The first kappa shape index (κ1) is 13.1. The summed E-state index contributed by atoms with van der Waals surface area (Å²) in [5, 5.41) is 12.5. The van der Waals surface area contributed by atoms with Crippen LogP contribution in [0.1, 0.15) is 56.7 Å². The normalized spacial score (nSPS) is 24.7. The van der Waals surface area contributed by atoms with E-state index in [1.165, 1.54) is 31.2 Å². The van der Waals surface area contributed by atoms with Gasteiger partial charge in [-0.25, -0.2) is 0 Å². The van der Waals surface area contributed by atoms with Gasteiger partial charge in [-0.1, -0.05) is 31.9 Å². The van der Waals surface area contributed by atoms with E-state index < -0.39 is 0 Å². The lowest BCUT2D eigenvalue weighted by molar-refractivity contribution is 0.360. The van der Waals surface area contributed by atoms with E-state index >= 15 is 0 Å². The molecule has 0 amide bonds. The molecule has 0 heterocycles. The van der Waals surface area contributed by atoms with Gasteiger partial charge in [0.25, 0.3) is 0 Å². The van der Waals surface area contributed by atoms with Crippen molar-refractivity contribution >= 4 is 0 Å². The third kappa shape index (κ3) is 2.91. The van der Waals surface area contributed by atoms with Crippen LogP contribution in [-0.2, 0) is 0 Å². The Morgan fingerprint density at radius 2 is 2.06 bits per heavy atom. The van der Waals surface area contributed by atoms with Crippen molar-refractivity contribution in [3.05, 3.63) is 35.4 Å². The molecule has 0 radical (unpaired) electrons. The van der Waals surface area contributed by atoms with Crippen molar-refractivity contribution in [3.63, 3.8) is 0 Å². The number of nitriles is 1. The number of hydrogen-bond donors (Lipinski definition) is 1. The van der Waals surface area contributed by atoms with Crippen molar-refractivity contribution < 1.29 is 0 Å². The lowest BCUT2D eigenvalue weighted by Crippen LogP contribution is -2.34. The van der Waals surface area contributed by atoms with Crippen molar-refractivity contribution in [2.24, 2.45) is 5.92 Å². The average molecular weight is 242 g/mol. The Bertz CT molecular complexity index is 416. The number of rotatable bonds is 4. The summed E-state index contributed by atoms with van der Waals surface area (Å²) in [5.74, 6) is 0.839. The van der Waals surface area contributed by atoms with E-state index in [2.05, 4.69) is 37.4 Å². The standard InChI is InChI=1S/C16H22N2/c1-3-14-5-4-6-16(14)18-12(2)15-9-7-13(11-17)8-10-15/h7-10,12,14,16,18H,3-6H2,1-2H3. The molecular formula is C16H22N2. The Balaban J connectivity index is 1.98. The Morgan fingerprint density at radius 1 is 1.33 bits per heavy atom. The van der Waals surface area contributed by atoms with Gasteiger partial charge in [0.1, 0.15) is 0 Å². The van der Waals surface area contributed by atoms with Crippen molar-refractivity contribution in [1.82, 2.24) is 5.32 Å². The maximum Gasteiger partial charge on any atom is 0.0991 e. The largest absolute Gasteiger partial charge is 0.307 e. The van der Waals surface area contributed by atoms with Crippen molar-refractivity contribution in [2.75, 3.05) is 0 Å². The highest BCUT2D eigenvalue weighted by molar-refractivity contribution is 5.32. The summed E-state index contributed by atoms with van der Waals surface area (Å²) < 4.78 is 0. The molecule has 1 saturated carbocycles. The zero-order valence-electron chi connectivity index (χ0n) is 11.3. The second-order valence-corrected chi connectivity index (χ2v) is 5.33. The van der Waals surface area contributed by atoms with Crippen LogP contribution in [0.2, 0.25) is 0 Å². The lowest BCUT2D eigenvalue weighted by Gasteiger charge is -2.24. The van der Waals surface area contributed by atoms with Crippen molar-refractivity contribution in [1.29, 1.82) is 5.26 Å². The summed E-state index contributed by atoms with van der Waals surface area (Å²) in [6, 6.07) is 11.1. The van der Waals surface area contributed by atoms with Crippen LogP contribution in [0.5, 0.6) is 0 Å². The fourth-order valence-corrected chi connectivity index (χ4v) is 3.01. The van der Waals surface area contributed by atoms with Crippen molar-refractivity contribution in [2.45, 2.75) is 51.6 Å². The minimum absolute atomic E-state index is 0.370. The van der Waals surface area contributed by atoms with E-state index in [0.29, 0.717) is 12.1 Å². The Labute approximate surface area is 110 Å². The molecule has 1 aromatic rings. The molecule has 1 N–H and O–H groups in total. The Hall–Kier alpha value is -1.33. The van der Waals surface area contributed by atoms with Gasteiger partial charge in [-0.15, -0.1) is 0 Å². The SMILES string of the molecule is CCC1CCCC1NC(C)c1ccc(C#N)cc1. The third-order valence-electron chi connectivity index (χ3n) is 4.19. The topological polar surface area (TPSA) is 35.8 Å². The van der Waals surface area contributed by atoms with Gasteiger partial charge in [-0.3, -0.25) is 0 Å². The predicted octanol–water partition coefficient (Wildman–Crippen LogP) is 3.79. The van der Waals surface area contributed by atoms with Crippen LogP contribution >= 0.6 is 0 Å². The molecule has 2 nitrogen and oxygen atoms in total. The minimum Gasteiger partial charge on any atom is -0.307 e. The number of hydrogen-bond acceptors (Lipinski definition) is 2. The van der Waals surface area contributed by atoms with E-state index in [0.717, 1.165) is 11.5 Å². The highest BCUT2D eigenvalue weighted by Gasteiger charge is 2.26. The molecule has 1 aliphatic rings. The van der Waals surface area contributed by atoms with Crippen LogP contribution in [0, 0.1) is 17.2 Å². The van der Waals surface area contributed by atoms with Crippen LogP contribution in [0.25, 0.3) is 0 Å². The van der Waals surface area contributed by atoms with E-state index in [-0.39, 0.29) is 0 Å². The summed E-state index contributed by atoms with van der Waals surface area (Å²) in [5.41, 5.74) is 2.01. The van der Waals surface area contributed by atoms with E-state index in [9.17, 15) is 0 Å². The molecule has 0 saturated heterocycles. The second kappa shape index (κ2) is 6.02. The quantitative estimate of drug-likeness (QED) is 0.872. The Kier molecular flexibility index (Phi) is 4.38. The van der Waals surface area contributed by atoms with E-state index in [1.807, 2.05) is 12.1 Å². The van der Waals surface area contributed by atoms with Crippen LogP contribution < -0.4 is 5.32 Å². The first-order valence-electron chi connectivity index (χ1n) is 7.00. The van der Waals surface area contributed by atoms with E-state index in [4.69, 9.17) is 5.26 Å². The van der Waals surface area contributed by atoms with Crippen LogP contribution in [0.3, 0.4) is 0 Å². The van der Waals surface area contributed by atoms with Gasteiger partial charge in [0.2, 0.25) is 0 Å².